The van der Waals surface area contributed by atoms with Gasteiger partial charge < -0.3 is 5.32 Å². The lowest BCUT2D eigenvalue weighted by atomic mass is 10.1. The number of carbonyl (C=O) groups excluding carboxylic acids is 1. The van der Waals surface area contributed by atoms with Crippen LogP contribution in [-0.4, -0.2) is 36.0 Å². The van der Waals surface area contributed by atoms with Crippen LogP contribution >= 0.6 is 0 Å². The Balaban J connectivity index is 2.55. The van der Waals surface area contributed by atoms with E-state index in [0.29, 0.717) is 6.04 Å². The van der Waals surface area contributed by atoms with E-state index in [-0.39, 0.29) is 5.54 Å². The number of nitrogens with zero attached hydrogens (tertiary/aromatic N) is 1. The molecule has 0 aromatic carbocycles. The highest BCUT2D eigenvalue weighted by atomic mass is 16.1. The van der Waals surface area contributed by atoms with E-state index in [1.807, 2.05) is 0 Å². The van der Waals surface area contributed by atoms with E-state index in [2.05, 4.69) is 31.0 Å². The zero-order valence-corrected chi connectivity index (χ0v) is 9.55. The van der Waals surface area contributed by atoms with E-state index in [1.54, 1.807) is 0 Å². The van der Waals surface area contributed by atoms with Crippen molar-refractivity contribution in [3.05, 3.63) is 0 Å². The highest BCUT2D eigenvalue weighted by Crippen LogP contribution is 2.19. The Morgan fingerprint density at radius 2 is 2.07 bits per heavy atom. The molecule has 1 unspecified atom stereocenters. The van der Waals surface area contributed by atoms with Crippen LogP contribution in [-0.2, 0) is 4.79 Å². The van der Waals surface area contributed by atoms with Gasteiger partial charge in [-0.2, -0.15) is 0 Å². The maximum Gasteiger partial charge on any atom is 0.207 e. The zero-order chi connectivity index (χ0) is 10.6. The minimum atomic E-state index is 0.215. The number of hydrogen-bond acceptors (Lipinski definition) is 2. The maximum atomic E-state index is 10.4. The van der Waals surface area contributed by atoms with Crippen LogP contribution < -0.4 is 5.32 Å². The van der Waals surface area contributed by atoms with Gasteiger partial charge in [-0.1, -0.05) is 6.42 Å². The van der Waals surface area contributed by atoms with Crippen LogP contribution in [0.2, 0.25) is 0 Å². The third-order valence-corrected chi connectivity index (χ3v) is 2.92. The highest BCUT2D eigenvalue weighted by Gasteiger charge is 2.25. The number of carbonyl (C=O) groups is 1. The fourth-order valence-corrected chi connectivity index (χ4v) is 1.98. The Morgan fingerprint density at radius 3 is 2.64 bits per heavy atom. The summed E-state index contributed by atoms with van der Waals surface area (Å²) >= 11 is 0. The molecule has 1 aliphatic heterocycles. The van der Waals surface area contributed by atoms with Crippen molar-refractivity contribution in [2.75, 3.05) is 13.1 Å². The third-order valence-electron chi connectivity index (χ3n) is 2.92. The molecule has 1 heterocycles. The molecule has 0 aromatic rings. The number of nitrogens with one attached hydrogen (secondary N) is 1. The van der Waals surface area contributed by atoms with Gasteiger partial charge in [-0.15, -0.1) is 0 Å². The van der Waals surface area contributed by atoms with Crippen molar-refractivity contribution >= 4 is 6.41 Å². The third kappa shape index (κ3) is 3.29. The van der Waals surface area contributed by atoms with Gasteiger partial charge in [0.05, 0.1) is 0 Å². The summed E-state index contributed by atoms with van der Waals surface area (Å²) in [4.78, 5) is 12.9. The summed E-state index contributed by atoms with van der Waals surface area (Å²) in [5.41, 5.74) is 0.215. The van der Waals surface area contributed by atoms with Gasteiger partial charge in [-0.3, -0.25) is 9.69 Å². The first kappa shape index (κ1) is 11.5. The van der Waals surface area contributed by atoms with Crippen LogP contribution in [0.3, 0.4) is 0 Å². The molecule has 82 valence electrons. The molecular formula is C11H22N2O. The number of rotatable bonds is 2. The minimum Gasteiger partial charge on any atom is -0.355 e. The molecule has 1 aliphatic rings. The number of hydrogen-bond donors (Lipinski definition) is 1. The minimum absolute atomic E-state index is 0.215. The van der Waals surface area contributed by atoms with E-state index in [0.717, 1.165) is 25.9 Å². The van der Waals surface area contributed by atoms with E-state index < -0.39 is 0 Å². The smallest absolute Gasteiger partial charge is 0.207 e. The predicted molar refractivity (Wildman–Crippen MR) is 58.2 cm³/mol. The molecule has 0 spiro atoms. The first-order chi connectivity index (χ1) is 6.54. The van der Waals surface area contributed by atoms with Crippen molar-refractivity contribution in [3.8, 4) is 0 Å². The van der Waals surface area contributed by atoms with Gasteiger partial charge in [0.1, 0.15) is 0 Å². The lowest BCUT2D eigenvalue weighted by Gasteiger charge is -2.36. The molecule has 1 fully saturated rings. The molecule has 3 heteroatoms. The maximum absolute atomic E-state index is 10.4. The topological polar surface area (TPSA) is 32.3 Å². The van der Waals surface area contributed by atoms with Gasteiger partial charge in [-0.05, 0) is 40.2 Å². The van der Waals surface area contributed by atoms with E-state index in [4.69, 9.17) is 0 Å². The van der Waals surface area contributed by atoms with Crippen molar-refractivity contribution in [2.24, 2.45) is 0 Å². The molecule has 14 heavy (non-hydrogen) atoms. The van der Waals surface area contributed by atoms with Crippen molar-refractivity contribution in [1.82, 2.24) is 10.2 Å². The zero-order valence-electron chi connectivity index (χ0n) is 9.55. The van der Waals surface area contributed by atoms with Gasteiger partial charge in [0.25, 0.3) is 0 Å². The summed E-state index contributed by atoms with van der Waals surface area (Å²) in [6.45, 7) is 8.84. The first-order valence-corrected chi connectivity index (χ1v) is 5.49. The van der Waals surface area contributed by atoms with E-state index in [1.165, 1.54) is 12.8 Å². The Morgan fingerprint density at radius 1 is 1.36 bits per heavy atom. The Hall–Kier alpha value is -0.570. The van der Waals surface area contributed by atoms with Crippen LogP contribution in [0.1, 0.15) is 40.0 Å². The molecule has 1 rings (SSSR count). The van der Waals surface area contributed by atoms with Gasteiger partial charge in [0, 0.05) is 18.1 Å². The normalized spacial score (nSPS) is 25.5. The average Bonchev–Trinajstić information content (AvgIpc) is 2.29. The van der Waals surface area contributed by atoms with Crippen molar-refractivity contribution < 1.29 is 4.79 Å². The Bertz CT molecular complexity index is 186. The summed E-state index contributed by atoms with van der Waals surface area (Å²) in [5, 5.41) is 2.90. The molecule has 1 amide bonds. The molecule has 3 nitrogen and oxygen atoms in total. The molecule has 0 radical (unpaired) electrons. The summed E-state index contributed by atoms with van der Waals surface area (Å²) in [6, 6.07) is 0.342. The summed E-state index contributed by atoms with van der Waals surface area (Å²) in [5.74, 6) is 0. The summed E-state index contributed by atoms with van der Waals surface area (Å²) in [6.07, 6.45) is 4.41. The quantitative estimate of drug-likeness (QED) is 0.680. The van der Waals surface area contributed by atoms with Crippen LogP contribution in [0, 0.1) is 0 Å². The summed E-state index contributed by atoms with van der Waals surface area (Å²) in [7, 11) is 0. The highest BCUT2D eigenvalue weighted by molar-refractivity contribution is 5.46. The van der Waals surface area contributed by atoms with Gasteiger partial charge >= 0.3 is 0 Å². The summed E-state index contributed by atoms with van der Waals surface area (Å²) < 4.78 is 0. The second-order valence-electron chi connectivity index (χ2n) is 5.09. The lowest BCUT2D eigenvalue weighted by molar-refractivity contribution is -0.110. The van der Waals surface area contributed by atoms with Gasteiger partial charge in [-0.25, -0.2) is 0 Å². The molecule has 1 saturated heterocycles. The van der Waals surface area contributed by atoms with Crippen molar-refractivity contribution in [3.63, 3.8) is 0 Å². The molecule has 0 aromatic heterocycles. The van der Waals surface area contributed by atoms with E-state index in [9.17, 15) is 4.79 Å². The van der Waals surface area contributed by atoms with Crippen LogP contribution in [0.25, 0.3) is 0 Å². The Kier molecular flexibility index (Phi) is 3.93. The molecule has 0 bridgehead atoms. The molecule has 1 N–H and O–H groups in total. The molecule has 0 saturated carbocycles. The predicted octanol–water partition coefficient (Wildman–Crippen LogP) is 1.39. The molecule has 1 atom stereocenters. The van der Waals surface area contributed by atoms with Crippen molar-refractivity contribution in [1.29, 1.82) is 0 Å². The standard InChI is InChI=1S/C11H22N2O/c1-11(2,3)13-7-5-4-6-10(8-13)12-9-14/h9-10H,4-8H2,1-3H3,(H,12,14). The number of likely N-dealkylation sites (tertiary alicyclic amines) is 1. The fourth-order valence-electron chi connectivity index (χ4n) is 1.98. The van der Waals surface area contributed by atoms with Crippen molar-refractivity contribution in [2.45, 2.75) is 51.6 Å². The first-order valence-electron chi connectivity index (χ1n) is 5.49. The monoisotopic (exact) mass is 198 g/mol. The van der Waals surface area contributed by atoms with E-state index >= 15 is 0 Å². The average molecular weight is 198 g/mol. The second kappa shape index (κ2) is 4.78. The van der Waals surface area contributed by atoms with Gasteiger partial charge in [0.2, 0.25) is 6.41 Å². The SMILES string of the molecule is CC(C)(C)N1CCCCC(NC=O)C1. The number of amides is 1. The van der Waals surface area contributed by atoms with Crippen LogP contribution in [0.4, 0.5) is 0 Å². The molecular weight excluding hydrogens is 176 g/mol. The van der Waals surface area contributed by atoms with Gasteiger partial charge in [0.15, 0.2) is 0 Å². The second-order valence-corrected chi connectivity index (χ2v) is 5.09. The lowest BCUT2D eigenvalue weighted by Crippen LogP contribution is -2.47. The largest absolute Gasteiger partial charge is 0.355 e. The molecule has 0 aliphatic carbocycles. The Labute approximate surface area is 86.9 Å². The van der Waals surface area contributed by atoms with Crippen LogP contribution in [0.15, 0.2) is 0 Å². The van der Waals surface area contributed by atoms with Crippen LogP contribution in [0.5, 0.6) is 0 Å². The fraction of sp³-hybridized carbons (Fsp3) is 0.909.